The van der Waals surface area contributed by atoms with Gasteiger partial charge < -0.3 is 26.2 Å². The van der Waals surface area contributed by atoms with Gasteiger partial charge in [0.25, 0.3) is 0 Å². The maximum Gasteiger partial charge on any atom is 1.00 e. The smallest absolute Gasteiger partial charge is 0.822 e. The van der Waals surface area contributed by atoms with E-state index in [-0.39, 0.29) is 29.6 Å². The SMILES string of the molecule is O=P([O-])([O-])[O-].[CH2-]CCCCCCCCCCC.[Na+]. The van der Waals surface area contributed by atoms with E-state index in [4.69, 9.17) is 19.2 Å². The largest absolute Gasteiger partial charge is 1.00 e. The van der Waals surface area contributed by atoms with Gasteiger partial charge in [0.15, 0.2) is 0 Å². The molecule has 0 bridgehead atoms. The summed E-state index contributed by atoms with van der Waals surface area (Å²) < 4.78 is 8.55. The zero-order valence-electron chi connectivity index (χ0n) is 11.9. The van der Waals surface area contributed by atoms with E-state index in [9.17, 15) is 0 Å². The van der Waals surface area contributed by atoms with E-state index in [1.165, 1.54) is 57.8 Å². The molecule has 0 aliphatic heterocycles. The average molecular weight is 287 g/mol. The molecule has 18 heavy (non-hydrogen) atoms. The predicted molar refractivity (Wildman–Crippen MR) is 64.8 cm³/mol. The first-order chi connectivity index (χ1) is 7.91. The van der Waals surface area contributed by atoms with E-state index in [1.54, 1.807) is 0 Å². The van der Waals surface area contributed by atoms with E-state index in [0.717, 1.165) is 6.42 Å². The van der Waals surface area contributed by atoms with E-state index in [1.807, 2.05) is 0 Å². The summed E-state index contributed by atoms with van der Waals surface area (Å²) >= 11 is 0. The van der Waals surface area contributed by atoms with Gasteiger partial charge in [-0.2, -0.15) is 14.2 Å². The Labute approximate surface area is 134 Å². The molecule has 0 aliphatic rings. The molecule has 0 rings (SSSR count). The van der Waals surface area contributed by atoms with Crippen molar-refractivity contribution >= 4 is 7.82 Å². The van der Waals surface area contributed by atoms with Crippen LogP contribution in [-0.2, 0) is 4.57 Å². The molecule has 0 fully saturated rings. The van der Waals surface area contributed by atoms with Crippen molar-refractivity contribution < 1.29 is 48.8 Å². The van der Waals surface area contributed by atoms with Crippen LogP contribution in [0, 0.1) is 6.92 Å². The van der Waals surface area contributed by atoms with Crippen LogP contribution in [0.5, 0.6) is 0 Å². The quantitative estimate of drug-likeness (QED) is 0.234. The van der Waals surface area contributed by atoms with Gasteiger partial charge in [-0.25, -0.2) is 0 Å². The number of rotatable bonds is 9. The van der Waals surface area contributed by atoms with Gasteiger partial charge >= 0.3 is 29.6 Å². The monoisotopic (exact) mass is 287 g/mol. The van der Waals surface area contributed by atoms with Gasteiger partial charge in [0.2, 0.25) is 0 Å². The Morgan fingerprint density at radius 1 is 0.833 bits per heavy atom. The van der Waals surface area contributed by atoms with Crippen LogP contribution in [0.1, 0.15) is 71.1 Å². The number of phosphoric acid groups is 1. The Kier molecular flexibility index (Phi) is 24.3. The van der Waals surface area contributed by atoms with Crippen molar-refractivity contribution in [1.82, 2.24) is 0 Å². The molecule has 4 nitrogen and oxygen atoms in total. The topological polar surface area (TPSA) is 86.2 Å². The molecule has 6 heteroatoms. The molecule has 0 N–H and O–H groups in total. The average Bonchev–Trinajstić information content (AvgIpc) is 2.20. The molecular formula is C12H25NaO4P-3. The zero-order chi connectivity index (χ0) is 13.6. The molecule has 0 radical (unpaired) electrons. The van der Waals surface area contributed by atoms with Gasteiger partial charge in [0.05, 0.1) is 0 Å². The van der Waals surface area contributed by atoms with E-state index in [2.05, 4.69) is 13.8 Å². The van der Waals surface area contributed by atoms with Gasteiger partial charge in [-0.05, 0) is 0 Å². The van der Waals surface area contributed by atoms with Gasteiger partial charge in [0, 0.05) is 0 Å². The first-order valence-electron chi connectivity index (χ1n) is 6.44. The maximum atomic E-state index is 8.55. The molecule has 0 unspecified atom stereocenters. The van der Waals surface area contributed by atoms with Crippen LogP contribution in [0.25, 0.3) is 0 Å². The Balaban J connectivity index is -0.000000321. The molecule has 0 heterocycles. The van der Waals surface area contributed by atoms with Crippen molar-refractivity contribution in [1.29, 1.82) is 0 Å². The fourth-order valence-electron chi connectivity index (χ4n) is 1.49. The number of hydrogen-bond donors (Lipinski definition) is 0. The molecule has 0 atom stereocenters. The summed E-state index contributed by atoms with van der Waals surface area (Å²) in [5, 5.41) is 0. The Morgan fingerprint density at radius 2 is 1.11 bits per heavy atom. The number of hydrogen-bond acceptors (Lipinski definition) is 4. The number of unbranched alkanes of at least 4 members (excludes halogenated alkanes) is 9. The van der Waals surface area contributed by atoms with Crippen LogP contribution < -0.4 is 44.2 Å². The van der Waals surface area contributed by atoms with Crippen LogP contribution in [0.3, 0.4) is 0 Å². The summed E-state index contributed by atoms with van der Waals surface area (Å²) in [6.07, 6.45) is 13.9. The van der Waals surface area contributed by atoms with Gasteiger partial charge in [0.1, 0.15) is 0 Å². The van der Waals surface area contributed by atoms with Gasteiger partial charge in [-0.3, -0.25) is 0 Å². The standard InChI is InChI=1S/C12H25.Na.H3O4P/c1-3-5-7-9-11-12-10-8-6-4-2;;1-5(2,3)4/h1,3-12H2,2H3;;(H3,1,2,3,4)/q-1;+1;/p-3. The predicted octanol–water partition coefficient (Wildman–Crippen LogP) is -1.08. The Morgan fingerprint density at radius 3 is 1.39 bits per heavy atom. The second-order valence-corrected chi connectivity index (χ2v) is 5.02. The second kappa shape index (κ2) is 18.1. The summed E-state index contributed by atoms with van der Waals surface area (Å²) in [5.41, 5.74) is 0. The molecular weight excluding hydrogens is 262 g/mol. The fraction of sp³-hybridized carbons (Fsp3) is 0.917. The Hall–Kier alpha value is 1.11. The molecule has 0 aromatic heterocycles. The summed E-state index contributed by atoms with van der Waals surface area (Å²) in [4.78, 5) is 25.6. The molecule has 0 saturated heterocycles. The first kappa shape index (κ1) is 24.1. The fourth-order valence-corrected chi connectivity index (χ4v) is 1.49. The van der Waals surface area contributed by atoms with Crippen LogP contribution in [0.2, 0.25) is 0 Å². The van der Waals surface area contributed by atoms with Crippen molar-refractivity contribution in [2.75, 3.05) is 0 Å². The third kappa shape index (κ3) is 43.4. The summed E-state index contributed by atoms with van der Waals surface area (Å²) in [7, 11) is -5.39. The van der Waals surface area contributed by atoms with E-state index in [0.29, 0.717) is 0 Å². The van der Waals surface area contributed by atoms with Gasteiger partial charge in [-0.15, -0.1) is 0 Å². The first-order valence-corrected chi connectivity index (χ1v) is 7.90. The minimum absolute atomic E-state index is 0. The molecule has 0 aliphatic carbocycles. The summed E-state index contributed by atoms with van der Waals surface area (Å²) in [5.74, 6) is 0. The Bertz CT molecular complexity index is 167. The molecule has 0 aromatic rings. The zero-order valence-corrected chi connectivity index (χ0v) is 14.8. The molecule has 0 amide bonds. The normalized spacial score (nSPS) is 10.3. The third-order valence-corrected chi connectivity index (χ3v) is 2.35. The van der Waals surface area contributed by atoms with Crippen molar-refractivity contribution in [2.45, 2.75) is 71.1 Å². The van der Waals surface area contributed by atoms with Crippen molar-refractivity contribution in [3.63, 3.8) is 0 Å². The van der Waals surface area contributed by atoms with Crippen LogP contribution in [-0.4, -0.2) is 0 Å². The van der Waals surface area contributed by atoms with E-state index >= 15 is 0 Å². The summed E-state index contributed by atoms with van der Waals surface area (Å²) in [6, 6.07) is 0. The molecule has 0 aromatic carbocycles. The molecule has 106 valence electrons. The van der Waals surface area contributed by atoms with Crippen molar-refractivity contribution in [3.05, 3.63) is 6.92 Å². The van der Waals surface area contributed by atoms with Crippen LogP contribution in [0.15, 0.2) is 0 Å². The van der Waals surface area contributed by atoms with E-state index < -0.39 is 7.82 Å². The van der Waals surface area contributed by atoms with Gasteiger partial charge in [-0.1, -0.05) is 64.7 Å². The van der Waals surface area contributed by atoms with Crippen molar-refractivity contribution in [3.8, 4) is 0 Å². The van der Waals surface area contributed by atoms with Crippen LogP contribution in [0.4, 0.5) is 0 Å². The minimum Gasteiger partial charge on any atom is -0.822 e. The third-order valence-electron chi connectivity index (χ3n) is 2.35. The van der Waals surface area contributed by atoms with Crippen molar-refractivity contribution in [2.24, 2.45) is 0 Å². The second-order valence-electron chi connectivity index (χ2n) is 4.13. The molecule has 0 saturated carbocycles. The maximum absolute atomic E-state index is 8.55. The summed E-state index contributed by atoms with van der Waals surface area (Å²) in [6.45, 7) is 6.12. The molecule has 0 spiro atoms. The van der Waals surface area contributed by atoms with Crippen LogP contribution >= 0.6 is 7.82 Å². The minimum atomic E-state index is -5.39.